The second-order valence-corrected chi connectivity index (χ2v) is 3.06. The number of ether oxygens (including phenoxy) is 1. The number of benzene rings is 1. The summed E-state index contributed by atoms with van der Waals surface area (Å²) < 4.78 is 4.91. The van der Waals surface area contributed by atoms with Crippen LogP contribution in [0, 0.1) is 0 Å². The van der Waals surface area contributed by atoms with Crippen molar-refractivity contribution in [3.05, 3.63) is 23.8 Å². The lowest BCUT2D eigenvalue weighted by atomic mass is 10.2. The third-order valence-electron chi connectivity index (χ3n) is 1.79. The van der Waals surface area contributed by atoms with Gasteiger partial charge in [0, 0.05) is 5.34 Å². The quantitative estimate of drug-likeness (QED) is 0.281. The minimum Gasteiger partial charge on any atom is -0.504 e. The molecular weight excluding hydrogens is 242 g/mol. The third-order valence-corrected chi connectivity index (χ3v) is 1.79. The van der Waals surface area contributed by atoms with Gasteiger partial charge in [-0.2, -0.15) is 5.10 Å². The first-order valence-corrected chi connectivity index (χ1v) is 4.71. The van der Waals surface area contributed by atoms with E-state index in [1.165, 1.54) is 19.4 Å². The van der Waals surface area contributed by atoms with Crippen molar-refractivity contribution < 1.29 is 20.3 Å². The molecule has 0 heterocycles. The van der Waals surface area contributed by atoms with E-state index in [0.717, 1.165) is 0 Å². The molecule has 0 aliphatic rings. The molecule has 18 heavy (non-hydrogen) atoms. The van der Waals surface area contributed by atoms with E-state index in [0.29, 0.717) is 11.3 Å². The number of hydrogen-bond donors (Lipinski definition) is 5. The van der Waals surface area contributed by atoms with Crippen molar-refractivity contribution in [3.8, 4) is 11.5 Å². The molecule has 0 aromatic heterocycles. The van der Waals surface area contributed by atoms with E-state index >= 15 is 0 Å². The van der Waals surface area contributed by atoms with Gasteiger partial charge in [0.15, 0.2) is 11.5 Å². The fourth-order valence-corrected chi connectivity index (χ4v) is 1.06. The molecule has 98 valence electrons. The van der Waals surface area contributed by atoms with Gasteiger partial charge < -0.3 is 15.6 Å². The van der Waals surface area contributed by atoms with Gasteiger partial charge in [0.25, 0.3) is 0 Å². The van der Waals surface area contributed by atoms with Crippen LogP contribution >= 0.6 is 0 Å². The Morgan fingerprint density at radius 2 is 2.22 bits per heavy atom. The van der Waals surface area contributed by atoms with Crippen LogP contribution in [-0.4, -0.2) is 40.1 Å². The predicted molar refractivity (Wildman–Crippen MR) is 62.4 cm³/mol. The molecule has 0 radical (unpaired) electrons. The molecule has 6 N–H and O–H groups in total. The fraction of sp³-hybridized carbons (Fsp3) is 0.111. The summed E-state index contributed by atoms with van der Waals surface area (Å²) in [6.07, 6.45) is 1.34. The molecule has 0 saturated carbocycles. The molecule has 0 bridgehead atoms. The van der Waals surface area contributed by atoms with Crippen molar-refractivity contribution >= 4 is 12.2 Å². The second-order valence-electron chi connectivity index (χ2n) is 3.06. The number of methoxy groups -OCH3 is 1. The molecule has 9 heteroatoms. The number of hydrazine groups is 1. The maximum Gasteiger partial charge on any atom is 0.232 e. The van der Waals surface area contributed by atoms with Gasteiger partial charge in [-0.15, -0.1) is 5.10 Å². The number of nitrogens with zero attached hydrogens (tertiary/aromatic N) is 3. The highest BCUT2D eigenvalue weighted by Gasteiger charge is 2.00. The Labute approximate surface area is 102 Å². The Balaban J connectivity index is 2.73. The number of guanidine groups is 1. The Kier molecular flexibility index (Phi) is 4.87. The van der Waals surface area contributed by atoms with Gasteiger partial charge in [-0.3, -0.25) is 10.4 Å². The summed E-state index contributed by atoms with van der Waals surface area (Å²) in [6, 6.07) is 4.57. The molecule has 0 fully saturated rings. The SMILES string of the molecule is COc1cc(/C=N/N=C(N)NN(O)O)ccc1O. The summed E-state index contributed by atoms with van der Waals surface area (Å²) in [7, 11) is 1.42. The van der Waals surface area contributed by atoms with Gasteiger partial charge in [0.05, 0.1) is 13.3 Å². The molecule has 9 nitrogen and oxygen atoms in total. The Morgan fingerprint density at radius 3 is 2.83 bits per heavy atom. The topological polar surface area (TPSA) is 136 Å². The van der Waals surface area contributed by atoms with Crippen LogP contribution < -0.4 is 15.9 Å². The van der Waals surface area contributed by atoms with E-state index in [1.807, 2.05) is 5.43 Å². The minimum atomic E-state index is -0.349. The standard InChI is InChI=1S/C9H13N5O4/c1-18-8-4-6(2-3-7(8)15)5-11-12-9(10)13-14(16)17/h2-5,15-17H,1H3,(H3,10,12,13)/b11-5+. The predicted octanol–water partition coefficient (Wildman–Crippen LogP) is -0.366. The van der Waals surface area contributed by atoms with E-state index in [-0.39, 0.29) is 17.0 Å². The molecule has 0 amide bonds. The second kappa shape index (κ2) is 6.39. The number of nitrogens with two attached hydrogens (primary N) is 1. The van der Waals surface area contributed by atoms with Gasteiger partial charge in [0.1, 0.15) is 0 Å². The van der Waals surface area contributed by atoms with E-state index < -0.39 is 0 Å². The zero-order valence-electron chi connectivity index (χ0n) is 9.48. The monoisotopic (exact) mass is 255 g/mol. The molecule has 1 aromatic carbocycles. The fourth-order valence-electron chi connectivity index (χ4n) is 1.06. The molecule has 1 aromatic rings. The maximum absolute atomic E-state index is 9.36. The van der Waals surface area contributed by atoms with Crippen LogP contribution in [0.5, 0.6) is 11.5 Å². The van der Waals surface area contributed by atoms with Crippen LogP contribution in [-0.2, 0) is 0 Å². The molecule has 0 aliphatic heterocycles. The largest absolute Gasteiger partial charge is 0.504 e. The van der Waals surface area contributed by atoms with Crippen LogP contribution in [0.2, 0.25) is 0 Å². The highest BCUT2D eigenvalue weighted by Crippen LogP contribution is 2.25. The van der Waals surface area contributed by atoms with Crippen molar-refractivity contribution in [2.45, 2.75) is 0 Å². The van der Waals surface area contributed by atoms with Gasteiger partial charge in [-0.25, -0.2) is 5.43 Å². The molecule has 1 rings (SSSR count). The van der Waals surface area contributed by atoms with E-state index in [1.54, 1.807) is 12.1 Å². The van der Waals surface area contributed by atoms with Crippen LogP contribution in [0.3, 0.4) is 0 Å². The maximum atomic E-state index is 9.36. The molecule has 0 atom stereocenters. The number of phenols is 1. The summed E-state index contributed by atoms with van der Waals surface area (Å²) in [6.45, 7) is 0. The number of phenolic OH excluding ortho intramolecular Hbond substituents is 1. The highest BCUT2D eigenvalue weighted by molar-refractivity contribution is 5.82. The minimum absolute atomic E-state index is 0.00975. The van der Waals surface area contributed by atoms with Crippen molar-refractivity contribution in [1.82, 2.24) is 10.8 Å². The Morgan fingerprint density at radius 1 is 1.50 bits per heavy atom. The zero-order chi connectivity index (χ0) is 13.5. The van der Waals surface area contributed by atoms with Crippen molar-refractivity contribution in [2.24, 2.45) is 15.9 Å². The van der Waals surface area contributed by atoms with E-state index in [4.69, 9.17) is 20.9 Å². The number of rotatable bonds is 4. The van der Waals surface area contributed by atoms with Gasteiger partial charge in [0.2, 0.25) is 5.96 Å². The van der Waals surface area contributed by atoms with Crippen molar-refractivity contribution in [3.63, 3.8) is 0 Å². The number of hydrogen-bond acceptors (Lipinski definition) is 7. The lowest BCUT2D eigenvalue weighted by Gasteiger charge is -2.05. The average molecular weight is 255 g/mol. The molecule has 0 spiro atoms. The van der Waals surface area contributed by atoms with Crippen molar-refractivity contribution in [1.29, 1.82) is 0 Å². The number of nitrogens with one attached hydrogen (secondary N) is 1. The highest BCUT2D eigenvalue weighted by atomic mass is 16.8. The first kappa shape index (κ1) is 13.7. The average Bonchev–Trinajstić information content (AvgIpc) is 2.30. The molecule has 0 saturated heterocycles. The van der Waals surface area contributed by atoms with Gasteiger partial charge in [-0.1, -0.05) is 0 Å². The summed E-state index contributed by atoms with van der Waals surface area (Å²) in [5.41, 5.74) is 7.69. The molecule has 0 unspecified atom stereocenters. The lowest BCUT2D eigenvalue weighted by molar-refractivity contribution is -0.329. The van der Waals surface area contributed by atoms with E-state index in [2.05, 4.69) is 10.2 Å². The van der Waals surface area contributed by atoms with Crippen molar-refractivity contribution in [2.75, 3.05) is 7.11 Å². The molecule has 0 aliphatic carbocycles. The normalized spacial score (nSPS) is 12.1. The van der Waals surface area contributed by atoms with E-state index in [9.17, 15) is 5.11 Å². The van der Waals surface area contributed by atoms with Crippen LogP contribution in [0.15, 0.2) is 28.4 Å². The smallest absolute Gasteiger partial charge is 0.232 e. The van der Waals surface area contributed by atoms with Crippen LogP contribution in [0.1, 0.15) is 5.56 Å². The van der Waals surface area contributed by atoms with Gasteiger partial charge in [-0.05, 0) is 23.8 Å². The summed E-state index contributed by atoms with van der Waals surface area (Å²) in [4.78, 5) is 0. The summed E-state index contributed by atoms with van der Waals surface area (Å²) >= 11 is 0. The summed E-state index contributed by atoms with van der Waals surface area (Å²) in [5.74, 6) is -0.0107. The Bertz CT molecular complexity index is 460. The first-order chi connectivity index (χ1) is 8.52. The lowest BCUT2D eigenvalue weighted by Crippen LogP contribution is -2.41. The zero-order valence-corrected chi connectivity index (χ0v) is 9.48. The number of aromatic hydroxyl groups is 1. The van der Waals surface area contributed by atoms with Crippen LogP contribution in [0.4, 0.5) is 0 Å². The van der Waals surface area contributed by atoms with Crippen LogP contribution in [0.25, 0.3) is 0 Å². The van der Waals surface area contributed by atoms with Gasteiger partial charge >= 0.3 is 0 Å². The third kappa shape index (κ3) is 4.25. The summed E-state index contributed by atoms with van der Waals surface area (Å²) in [5, 5.41) is 32.7. The first-order valence-electron chi connectivity index (χ1n) is 4.71. The Hall–Kier alpha value is -2.36. The molecular formula is C9H13N5O4.